The van der Waals surface area contributed by atoms with Crippen LogP contribution < -0.4 is 10.6 Å². The molecule has 0 aliphatic heterocycles. The van der Waals surface area contributed by atoms with Crippen molar-refractivity contribution in [1.29, 1.82) is 0 Å². The van der Waals surface area contributed by atoms with Gasteiger partial charge in [0, 0.05) is 16.2 Å². The summed E-state index contributed by atoms with van der Waals surface area (Å²) in [5.41, 5.74) is 1.64. The Labute approximate surface area is 155 Å². The molecule has 1 aromatic carbocycles. The number of nitrogens with zero attached hydrogens (tertiary/aromatic N) is 2. The van der Waals surface area contributed by atoms with Crippen LogP contribution in [0.2, 0.25) is 5.02 Å². The third kappa shape index (κ3) is 5.65. The SMILES string of the molecule is Cc1ccc(Nc2nnc(SC(C)C(=O)NC(C)(C)C)s2)cc1Cl. The van der Waals surface area contributed by atoms with E-state index >= 15 is 0 Å². The molecule has 0 bridgehead atoms. The molecule has 0 fully saturated rings. The Kier molecular flexibility index (Phi) is 6.11. The minimum atomic E-state index is -0.246. The van der Waals surface area contributed by atoms with Gasteiger partial charge in [-0.05, 0) is 52.3 Å². The van der Waals surface area contributed by atoms with E-state index in [-0.39, 0.29) is 16.7 Å². The van der Waals surface area contributed by atoms with Crippen LogP contribution in [0.25, 0.3) is 0 Å². The second kappa shape index (κ2) is 7.72. The third-order valence-corrected chi connectivity index (χ3v) is 5.40. The van der Waals surface area contributed by atoms with Crippen LogP contribution in [0.3, 0.4) is 0 Å². The summed E-state index contributed by atoms with van der Waals surface area (Å²) in [5, 5.41) is 15.5. The number of anilines is 2. The number of hydrogen-bond donors (Lipinski definition) is 2. The molecule has 8 heteroatoms. The molecule has 0 aliphatic carbocycles. The fourth-order valence-electron chi connectivity index (χ4n) is 1.78. The van der Waals surface area contributed by atoms with Crippen LogP contribution >= 0.6 is 34.7 Å². The lowest BCUT2D eigenvalue weighted by Gasteiger charge is -2.22. The van der Waals surface area contributed by atoms with E-state index in [9.17, 15) is 4.79 Å². The maximum absolute atomic E-state index is 12.1. The van der Waals surface area contributed by atoms with E-state index in [0.29, 0.717) is 10.2 Å². The first-order chi connectivity index (χ1) is 11.1. The summed E-state index contributed by atoms with van der Waals surface area (Å²) >= 11 is 8.92. The van der Waals surface area contributed by atoms with Crippen LogP contribution in [0.15, 0.2) is 22.5 Å². The number of carbonyl (C=O) groups is 1. The van der Waals surface area contributed by atoms with E-state index in [1.807, 2.05) is 52.8 Å². The Morgan fingerprint density at radius 2 is 2.04 bits per heavy atom. The number of hydrogen-bond acceptors (Lipinski definition) is 6. The zero-order valence-electron chi connectivity index (χ0n) is 14.3. The second-order valence-electron chi connectivity index (χ2n) is 6.46. The van der Waals surface area contributed by atoms with Crippen LogP contribution in [0.1, 0.15) is 33.3 Å². The molecular weight excluding hydrogens is 364 g/mol. The lowest BCUT2D eigenvalue weighted by Crippen LogP contribution is -2.44. The zero-order chi connectivity index (χ0) is 17.9. The van der Waals surface area contributed by atoms with Crippen LogP contribution in [0.4, 0.5) is 10.8 Å². The van der Waals surface area contributed by atoms with Gasteiger partial charge in [-0.3, -0.25) is 4.79 Å². The number of aromatic nitrogens is 2. The predicted molar refractivity (Wildman–Crippen MR) is 103 cm³/mol. The van der Waals surface area contributed by atoms with Gasteiger partial charge in [-0.15, -0.1) is 10.2 Å². The van der Waals surface area contributed by atoms with E-state index in [0.717, 1.165) is 15.6 Å². The maximum atomic E-state index is 12.1. The van der Waals surface area contributed by atoms with Gasteiger partial charge in [-0.2, -0.15) is 0 Å². The number of nitrogens with one attached hydrogen (secondary N) is 2. The van der Waals surface area contributed by atoms with Crippen LogP contribution in [0.5, 0.6) is 0 Å². The number of rotatable bonds is 5. The lowest BCUT2D eigenvalue weighted by molar-refractivity contribution is -0.121. The molecular formula is C16H21ClN4OS2. The van der Waals surface area contributed by atoms with E-state index < -0.39 is 0 Å². The lowest BCUT2D eigenvalue weighted by atomic mass is 10.1. The molecule has 5 nitrogen and oxygen atoms in total. The average molecular weight is 385 g/mol. The predicted octanol–water partition coefficient (Wildman–Crippen LogP) is 4.64. The molecule has 1 aromatic heterocycles. The number of amides is 1. The van der Waals surface area contributed by atoms with Gasteiger partial charge in [0.15, 0.2) is 4.34 Å². The van der Waals surface area contributed by atoms with Gasteiger partial charge in [-0.1, -0.05) is 40.8 Å². The molecule has 2 rings (SSSR count). The van der Waals surface area contributed by atoms with Crippen molar-refractivity contribution in [2.24, 2.45) is 0 Å². The van der Waals surface area contributed by atoms with Gasteiger partial charge in [0.1, 0.15) is 0 Å². The summed E-state index contributed by atoms with van der Waals surface area (Å²) in [7, 11) is 0. The molecule has 2 aromatic rings. The van der Waals surface area contributed by atoms with Gasteiger partial charge in [0.2, 0.25) is 11.0 Å². The van der Waals surface area contributed by atoms with E-state index in [2.05, 4.69) is 20.8 Å². The highest BCUT2D eigenvalue weighted by atomic mass is 35.5. The quantitative estimate of drug-likeness (QED) is 0.735. The molecule has 0 radical (unpaired) electrons. The first-order valence-corrected chi connectivity index (χ1v) is 9.57. The average Bonchev–Trinajstić information content (AvgIpc) is 2.88. The summed E-state index contributed by atoms with van der Waals surface area (Å²) in [4.78, 5) is 12.1. The van der Waals surface area contributed by atoms with Gasteiger partial charge < -0.3 is 10.6 Å². The smallest absolute Gasteiger partial charge is 0.233 e. The highest BCUT2D eigenvalue weighted by molar-refractivity contribution is 8.02. The van der Waals surface area contributed by atoms with E-state index in [4.69, 9.17) is 11.6 Å². The Morgan fingerprint density at radius 1 is 1.33 bits per heavy atom. The Morgan fingerprint density at radius 3 is 2.67 bits per heavy atom. The summed E-state index contributed by atoms with van der Waals surface area (Å²) in [6, 6.07) is 5.74. The summed E-state index contributed by atoms with van der Waals surface area (Å²) in [6.45, 7) is 9.70. The van der Waals surface area contributed by atoms with Gasteiger partial charge in [0.25, 0.3) is 0 Å². The highest BCUT2D eigenvalue weighted by Crippen LogP contribution is 2.31. The Bertz CT molecular complexity index is 727. The summed E-state index contributed by atoms with van der Waals surface area (Å²) in [5.74, 6) is -0.0116. The van der Waals surface area contributed by atoms with Crippen molar-refractivity contribution in [3.05, 3.63) is 28.8 Å². The summed E-state index contributed by atoms with van der Waals surface area (Å²) in [6.07, 6.45) is 0. The first kappa shape index (κ1) is 19.0. The summed E-state index contributed by atoms with van der Waals surface area (Å²) < 4.78 is 0.743. The molecule has 2 N–H and O–H groups in total. The normalized spacial score (nSPS) is 12.8. The minimum Gasteiger partial charge on any atom is -0.351 e. The molecule has 0 saturated heterocycles. The number of halogens is 1. The number of carbonyl (C=O) groups excluding carboxylic acids is 1. The molecule has 0 saturated carbocycles. The molecule has 1 atom stereocenters. The third-order valence-electron chi connectivity index (χ3n) is 2.97. The zero-order valence-corrected chi connectivity index (χ0v) is 16.7. The van der Waals surface area contributed by atoms with E-state index in [1.54, 1.807) is 0 Å². The van der Waals surface area contributed by atoms with Crippen molar-refractivity contribution in [2.45, 2.75) is 49.7 Å². The fraction of sp³-hybridized carbons (Fsp3) is 0.438. The Hall–Kier alpha value is -1.31. The number of benzene rings is 1. The number of aryl methyl sites for hydroxylation is 1. The molecule has 1 heterocycles. The molecule has 0 aliphatic rings. The highest BCUT2D eigenvalue weighted by Gasteiger charge is 2.21. The molecule has 0 spiro atoms. The fourth-order valence-corrected chi connectivity index (χ4v) is 3.87. The molecule has 24 heavy (non-hydrogen) atoms. The van der Waals surface area contributed by atoms with Crippen LogP contribution in [-0.2, 0) is 4.79 Å². The van der Waals surface area contributed by atoms with Gasteiger partial charge in [0.05, 0.1) is 5.25 Å². The molecule has 1 amide bonds. The van der Waals surface area contributed by atoms with Crippen molar-refractivity contribution >= 4 is 51.4 Å². The first-order valence-electron chi connectivity index (χ1n) is 7.49. The monoisotopic (exact) mass is 384 g/mol. The van der Waals surface area contributed by atoms with Crippen molar-refractivity contribution in [3.63, 3.8) is 0 Å². The number of thioether (sulfide) groups is 1. The van der Waals surface area contributed by atoms with Crippen LogP contribution in [0, 0.1) is 6.92 Å². The van der Waals surface area contributed by atoms with E-state index in [1.165, 1.54) is 23.1 Å². The topological polar surface area (TPSA) is 66.9 Å². The van der Waals surface area contributed by atoms with Crippen molar-refractivity contribution in [3.8, 4) is 0 Å². The standard InChI is InChI=1S/C16H21ClN4OS2/c1-9-6-7-11(8-12(9)17)18-14-20-21-15(24-14)23-10(2)13(22)19-16(3,4)5/h6-8,10H,1-5H3,(H,18,20)(H,19,22). The maximum Gasteiger partial charge on any atom is 0.233 e. The van der Waals surface area contributed by atoms with Crippen LogP contribution in [-0.4, -0.2) is 26.9 Å². The minimum absolute atomic E-state index is 0.0116. The second-order valence-corrected chi connectivity index (χ2v) is 9.43. The van der Waals surface area contributed by atoms with Crippen molar-refractivity contribution in [2.75, 3.05) is 5.32 Å². The largest absolute Gasteiger partial charge is 0.351 e. The van der Waals surface area contributed by atoms with Crippen molar-refractivity contribution in [1.82, 2.24) is 15.5 Å². The molecule has 1 unspecified atom stereocenters. The van der Waals surface area contributed by atoms with Gasteiger partial charge >= 0.3 is 0 Å². The van der Waals surface area contributed by atoms with Crippen molar-refractivity contribution < 1.29 is 4.79 Å². The molecule has 130 valence electrons. The van der Waals surface area contributed by atoms with Gasteiger partial charge in [-0.25, -0.2) is 0 Å². The Balaban J connectivity index is 1.97.